The molecule has 6 nitrogen and oxygen atoms in total. The van der Waals surface area contributed by atoms with Gasteiger partial charge in [-0.05, 0) is 12.1 Å². The summed E-state index contributed by atoms with van der Waals surface area (Å²) in [5.74, 6) is -2.06. The van der Waals surface area contributed by atoms with E-state index >= 15 is 4.39 Å². The number of nitrogens with zero attached hydrogens (tertiary/aromatic N) is 3. The second kappa shape index (κ2) is 6.62. The van der Waals surface area contributed by atoms with Crippen LogP contribution in [0.3, 0.4) is 0 Å². The van der Waals surface area contributed by atoms with Crippen LogP contribution in [0.25, 0.3) is 0 Å². The van der Waals surface area contributed by atoms with Gasteiger partial charge in [0.25, 0.3) is 5.91 Å². The molecular formula is C21H16F3N3O3. The van der Waals surface area contributed by atoms with Gasteiger partial charge in [-0.15, -0.1) is 0 Å². The number of benzene rings is 1. The van der Waals surface area contributed by atoms with Crippen molar-refractivity contribution in [2.45, 2.75) is 43.2 Å². The lowest BCUT2D eigenvalue weighted by Gasteiger charge is -2.42. The van der Waals surface area contributed by atoms with Crippen molar-refractivity contribution in [2.75, 3.05) is 6.54 Å². The number of rotatable bonds is 3. The number of carbonyl (C=O) groups excluding carboxylic acids is 1. The summed E-state index contributed by atoms with van der Waals surface area (Å²) >= 11 is 0. The number of hydrogen-bond acceptors (Lipinski definition) is 5. The van der Waals surface area contributed by atoms with Crippen molar-refractivity contribution in [2.24, 2.45) is 0 Å². The minimum absolute atomic E-state index is 0.176. The Morgan fingerprint density at radius 2 is 2.13 bits per heavy atom. The van der Waals surface area contributed by atoms with E-state index in [9.17, 15) is 18.8 Å². The summed E-state index contributed by atoms with van der Waals surface area (Å²) in [6.45, 7) is 0.215. The number of halogens is 3. The fourth-order valence-electron chi connectivity index (χ4n) is 4.41. The number of pyridine rings is 1. The number of carbonyl (C=O) groups is 1. The maximum Gasteiger partial charge on any atom is 0.261 e. The highest BCUT2D eigenvalue weighted by molar-refractivity contribution is 5.87. The van der Waals surface area contributed by atoms with Gasteiger partial charge in [0.15, 0.2) is 17.2 Å². The molecule has 1 saturated heterocycles. The summed E-state index contributed by atoms with van der Waals surface area (Å²) < 4.78 is 53.3. The fraction of sp³-hybridized carbons (Fsp3) is 0.381. The van der Waals surface area contributed by atoms with Crippen LogP contribution in [0.1, 0.15) is 36.4 Å². The summed E-state index contributed by atoms with van der Waals surface area (Å²) in [5.41, 5.74) is -1.25. The van der Waals surface area contributed by atoms with Crippen LogP contribution in [0.4, 0.5) is 13.2 Å². The van der Waals surface area contributed by atoms with Crippen molar-refractivity contribution in [3.05, 3.63) is 53.4 Å². The molecule has 2 aromatic rings. The number of nitriles is 1. The SMILES string of the molecule is N#Cc1cncc2c1O[C@H]1C[C@@H]2N(C(=O)C2(F)CC(Oc3ccc(F)cc3F)C2)C1. The zero-order chi connectivity index (χ0) is 21.0. The molecule has 2 atom stereocenters. The molecule has 1 amide bonds. The number of aromatic nitrogens is 1. The summed E-state index contributed by atoms with van der Waals surface area (Å²) in [6, 6.07) is 4.49. The molecule has 30 heavy (non-hydrogen) atoms. The molecule has 0 spiro atoms. The Bertz CT molecular complexity index is 1080. The van der Waals surface area contributed by atoms with Gasteiger partial charge in [-0.3, -0.25) is 9.78 Å². The van der Waals surface area contributed by atoms with E-state index in [1.807, 2.05) is 6.07 Å². The van der Waals surface area contributed by atoms with Crippen molar-refractivity contribution in [3.63, 3.8) is 0 Å². The Kier molecular flexibility index (Phi) is 4.13. The first-order valence-electron chi connectivity index (χ1n) is 9.54. The fourth-order valence-corrected chi connectivity index (χ4v) is 4.41. The molecule has 9 heteroatoms. The summed E-state index contributed by atoms with van der Waals surface area (Å²) in [4.78, 5) is 18.5. The highest BCUT2D eigenvalue weighted by Crippen LogP contribution is 2.48. The standard InChI is InChI=1S/C21H16F3N3O3/c22-12-1-2-18(16(23)3-12)29-14-5-21(24,6-14)20(28)27-10-13-4-17(27)15-9-26-8-11(7-25)19(15)30-13/h1-3,8-9,13-14,17H,4-6,10H2/t13-,14?,17-,21?/m0/s1. The largest absolute Gasteiger partial charge is 0.487 e. The van der Waals surface area contributed by atoms with Crippen LogP contribution in [0.2, 0.25) is 0 Å². The maximum absolute atomic E-state index is 15.3. The second-order valence-electron chi connectivity index (χ2n) is 7.85. The van der Waals surface area contributed by atoms with Crippen molar-refractivity contribution in [3.8, 4) is 17.6 Å². The van der Waals surface area contributed by atoms with Crippen LogP contribution >= 0.6 is 0 Å². The van der Waals surface area contributed by atoms with E-state index in [1.165, 1.54) is 17.3 Å². The lowest BCUT2D eigenvalue weighted by atomic mass is 9.77. The van der Waals surface area contributed by atoms with Gasteiger partial charge >= 0.3 is 0 Å². The van der Waals surface area contributed by atoms with Gasteiger partial charge in [-0.2, -0.15) is 5.26 Å². The van der Waals surface area contributed by atoms with Crippen molar-refractivity contribution in [1.82, 2.24) is 9.88 Å². The van der Waals surface area contributed by atoms with E-state index in [-0.39, 0.29) is 36.8 Å². The van der Waals surface area contributed by atoms with Crippen molar-refractivity contribution < 1.29 is 27.4 Å². The van der Waals surface area contributed by atoms with Crippen LogP contribution < -0.4 is 9.47 Å². The molecule has 1 aliphatic carbocycles. The Balaban J connectivity index is 1.30. The number of hydrogen-bond donors (Lipinski definition) is 0. The van der Waals surface area contributed by atoms with E-state index in [0.29, 0.717) is 23.8 Å². The Morgan fingerprint density at radius 3 is 2.87 bits per heavy atom. The van der Waals surface area contributed by atoms with Crippen LogP contribution in [0, 0.1) is 23.0 Å². The summed E-state index contributed by atoms with van der Waals surface area (Å²) in [6.07, 6.45) is 2.00. The number of likely N-dealkylation sites (tertiary alicyclic amines) is 1. The van der Waals surface area contributed by atoms with E-state index < -0.39 is 35.4 Å². The quantitative estimate of drug-likeness (QED) is 0.770. The lowest BCUT2D eigenvalue weighted by molar-refractivity contribution is -0.158. The normalized spacial score (nSPS) is 28.7. The topological polar surface area (TPSA) is 75.5 Å². The highest BCUT2D eigenvalue weighted by Gasteiger charge is 2.57. The van der Waals surface area contributed by atoms with Gasteiger partial charge in [0.2, 0.25) is 0 Å². The highest BCUT2D eigenvalue weighted by atomic mass is 19.1. The third-order valence-corrected chi connectivity index (χ3v) is 5.88. The number of fused-ring (bicyclic) bond motifs is 4. The third kappa shape index (κ3) is 2.86. The van der Waals surface area contributed by atoms with Gasteiger partial charge in [0.1, 0.15) is 35.4 Å². The van der Waals surface area contributed by atoms with Gasteiger partial charge in [-0.25, -0.2) is 13.2 Å². The van der Waals surface area contributed by atoms with E-state index in [1.54, 1.807) is 0 Å². The molecule has 1 aromatic carbocycles. The Labute approximate surface area is 169 Å². The predicted octanol–water partition coefficient (Wildman–Crippen LogP) is 3.22. The second-order valence-corrected chi connectivity index (χ2v) is 7.85. The van der Waals surface area contributed by atoms with Crippen LogP contribution in [-0.4, -0.2) is 40.2 Å². The predicted molar refractivity (Wildman–Crippen MR) is 96.3 cm³/mol. The monoisotopic (exact) mass is 415 g/mol. The molecule has 0 unspecified atom stereocenters. The van der Waals surface area contributed by atoms with E-state index in [2.05, 4.69) is 4.98 Å². The molecule has 2 aliphatic heterocycles. The van der Waals surface area contributed by atoms with Gasteiger partial charge in [0.05, 0.1) is 12.6 Å². The van der Waals surface area contributed by atoms with Crippen molar-refractivity contribution in [1.29, 1.82) is 5.26 Å². The first-order valence-corrected chi connectivity index (χ1v) is 9.54. The lowest BCUT2D eigenvalue weighted by Crippen LogP contribution is -2.57. The molecule has 3 heterocycles. The van der Waals surface area contributed by atoms with Crippen LogP contribution in [0.5, 0.6) is 11.5 Å². The smallest absolute Gasteiger partial charge is 0.261 e. The maximum atomic E-state index is 15.3. The molecule has 1 saturated carbocycles. The van der Waals surface area contributed by atoms with Gasteiger partial charge in [-0.1, -0.05) is 0 Å². The summed E-state index contributed by atoms with van der Waals surface area (Å²) in [7, 11) is 0. The minimum Gasteiger partial charge on any atom is -0.487 e. The Hall–Kier alpha value is -3.28. The first kappa shape index (κ1) is 18.7. The third-order valence-electron chi connectivity index (χ3n) is 5.88. The molecule has 154 valence electrons. The first-order chi connectivity index (χ1) is 14.4. The van der Waals surface area contributed by atoms with Crippen molar-refractivity contribution >= 4 is 5.91 Å². The molecule has 2 fully saturated rings. The average Bonchev–Trinajstić information content (AvgIpc) is 3.05. The molecule has 0 radical (unpaired) electrons. The molecule has 3 aliphatic rings. The number of amides is 1. The molecule has 1 aromatic heterocycles. The molecule has 2 bridgehead atoms. The van der Waals surface area contributed by atoms with Gasteiger partial charge in [0, 0.05) is 43.3 Å². The molecular weight excluding hydrogens is 399 g/mol. The molecule has 0 N–H and O–H groups in total. The van der Waals surface area contributed by atoms with Crippen LogP contribution in [0.15, 0.2) is 30.6 Å². The number of alkyl halides is 1. The number of ether oxygens (including phenoxy) is 2. The average molecular weight is 415 g/mol. The van der Waals surface area contributed by atoms with E-state index in [4.69, 9.17) is 9.47 Å². The zero-order valence-electron chi connectivity index (χ0n) is 15.6. The molecule has 5 rings (SSSR count). The summed E-state index contributed by atoms with van der Waals surface area (Å²) in [5, 5.41) is 9.25. The van der Waals surface area contributed by atoms with E-state index in [0.717, 1.165) is 12.1 Å². The van der Waals surface area contributed by atoms with Gasteiger partial charge < -0.3 is 14.4 Å². The minimum atomic E-state index is -2.13. The Morgan fingerprint density at radius 1 is 1.33 bits per heavy atom. The van der Waals surface area contributed by atoms with Crippen LogP contribution in [-0.2, 0) is 4.79 Å². The zero-order valence-corrected chi connectivity index (χ0v) is 15.6.